The summed E-state index contributed by atoms with van der Waals surface area (Å²) >= 11 is 0. The SMILES string of the molecule is C=C[C@H]1CN2CCC1C[C@H]2[C@H](O)c1cc(C(c2ccccc2)c2ccccc2)nc2ccc(OC)cc12. The monoisotopic (exact) mass is 490 g/mol. The van der Waals surface area contributed by atoms with Crippen LogP contribution in [0.5, 0.6) is 5.75 Å². The van der Waals surface area contributed by atoms with Gasteiger partial charge in [0.15, 0.2) is 0 Å². The number of aliphatic hydroxyl groups is 1. The number of pyridine rings is 1. The average molecular weight is 491 g/mol. The molecule has 0 amide bonds. The molecular weight excluding hydrogens is 456 g/mol. The molecule has 0 saturated carbocycles. The van der Waals surface area contributed by atoms with Crippen LogP contribution in [0.25, 0.3) is 10.9 Å². The molecule has 3 aromatic carbocycles. The van der Waals surface area contributed by atoms with Gasteiger partial charge in [0.2, 0.25) is 0 Å². The molecule has 0 spiro atoms. The van der Waals surface area contributed by atoms with Gasteiger partial charge in [-0.05, 0) is 72.2 Å². The third kappa shape index (κ3) is 4.45. The van der Waals surface area contributed by atoms with Gasteiger partial charge in [-0.2, -0.15) is 0 Å². The highest BCUT2D eigenvalue weighted by Crippen LogP contribution is 2.43. The van der Waals surface area contributed by atoms with Gasteiger partial charge >= 0.3 is 0 Å². The van der Waals surface area contributed by atoms with Crippen LogP contribution in [0.3, 0.4) is 0 Å². The number of aliphatic hydroxyl groups excluding tert-OH is 1. The maximum Gasteiger partial charge on any atom is 0.119 e. The molecule has 2 bridgehead atoms. The molecule has 1 N–H and O–H groups in total. The highest BCUT2D eigenvalue weighted by atomic mass is 16.5. The van der Waals surface area contributed by atoms with E-state index in [0.29, 0.717) is 11.8 Å². The fraction of sp³-hybridized carbons (Fsp3) is 0.303. The van der Waals surface area contributed by atoms with Gasteiger partial charge in [-0.25, -0.2) is 0 Å². The summed E-state index contributed by atoms with van der Waals surface area (Å²) < 4.78 is 5.57. The van der Waals surface area contributed by atoms with Crippen molar-refractivity contribution in [2.45, 2.75) is 30.9 Å². The summed E-state index contributed by atoms with van der Waals surface area (Å²) in [6, 6.07) is 29.3. The summed E-state index contributed by atoms with van der Waals surface area (Å²) in [5, 5.41) is 13.0. The van der Waals surface area contributed by atoms with E-state index in [1.165, 1.54) is 17.5 Å². The molecule has 3 aliphatic heterocycles. The molecule has 4 heteroatoms. The zero-order chi connectivity index (χ0) is 25.4. The van der Waals surface area contributed by atoms with Crippen molar-refractivity contribution in [1.29, 1.82) is 0 Å². The lowest BCUT2D eigenvalue weighted by molar-refractivity contribution is -0.0445. The highest BCUT2D eigenvalue weighted by molar-refractivity contribution is 5.84. The van der Waals surface area contributed by atoms with Crippen LogP contribution in [0.1, 0.15) is 47.2 Å². The number of hydrogen-bond acceptors (Lipinski definition) is 4. The maximum atomic E-state index is 12.0. The Hall–Kier alpha value is -3.47. The third-order valence-corrected chi connectivity index (χ3v) is 8.47. The predicted molar refractivity (Wildman–Crippen MR) is 149 cm³/mol. The van der Waals surface area contributed by atoms with Crippen LogP contribution < -0.4 is 4.74 Å². The standard InChI is InChI=1S/C33H34N2O2/c1-3-22-21-35-17-16-25(22)18-31(35)33(36)28-20-30(34-29-15-14-26(37-2)19-27(28)29)32(23-10-6-4-7-11-23)24-12-8-5-9-13-24/h3-15,19-20,22,25,31-33,36H,1,16-18,21H2,2H3/t22-,25?,31-,33+/m0/s1. The normalized spacial score (nSPS) is 23.8. The Kier molecular flexibility index (Phi) is 6.54. The van der Waals surface area contributed by atoms with Gasteiger partial charge in [-0.1, -0.05) is 66.7 Å². The van der Waals surface area contributed by atoms with Crippen molar-refractivity contribution in [2.75, 3.05) is 20.2 Å². The number of methoxy groups -OCH3 is 1. The van der Waals surface area contributed by atoms with Crippen LogP contribution in [0, 0.1) is 11.8 Å². The van der Waals surface area contributed by atoms with E-state index in [4.69, 9.17) is 9.72 Å². The quantitative estimate of drug-likeness (QED) is 0.307. The van der Waals surface area contributed by atoms with Crippen molar-refractivity contribution in [2.24, 2.45) is 11.8 Å². The van der Waals surface area contributed by atoms with Crippen LogP contribution in [0.4, 0.5) is 0 Å². The molecule has 4 heterocycles. The zero-order valence-corrected chi connectivity index (χ0v) is 21.3. The van der Waals surface area contributed by atoms with Gasteiger partial charge in [0.05, 0.1) is 30.3 Å². The van der Waals surface area contributed by atoms with E-state index < -0.39 is 6.10 Å². The summed E-state index contributed by atoms with van der Waals surface area (Å²) in [6.45, 7) is 6.08. The molecule has 7 rings (SSSR count). The van der Waals surface area contributed by atoms with Crippen LogP contribution in [0.2, 0.25) is 0 Å². The molecule has 4 nitrogen and oxygen atoms in total. The lowest BCUT2D eigenvalue weighted by atomic mass is 9.73. The number of hydrogen-bond donors (Lipinski definition) is 1. The first-order chi connectivity index (χ1) is 18.2. The predicted octanol–water partition coefficient (Wildman–Crippen LogP) is 6.35. The Bertz CT molecular complexity index is 1350. The Morgan fingerprint density at radius 3 is 2.30 bits per heavy atom. The molecule has 1 aromatic heterocycles. The second-order valence-corrected chi connectivity index (χ2v) is 10.5. The second kappa shape index (κ2) is 10.1. The first-order valence-corrected chi connectivity index (χ1v) is 13.3. The van der Waals surface area contributed by atoms with Gasteiger partial charge in [0.25, 0.3) is 0 Å². The van der Waals surface area contributed by atoms with Gasteiger partial charge < -0.3 is 9.84 Å². The number of benzene rings is 3. The molecule has 0 aliphatic carbocycles. The lowest BCUT2D eigenvalue weighted by Gasteiger charge is -2.50. The van der Waals surface area contributed by atoms with Crippen LogP contribution in [-0.4, -0.2) is 41.2 Å². The minimum atomic E-state index is -0.614. The number of aromatic nitrogens is 1. The first kappa shape index (κ1) is 23.9. The van der Waals surface area contributed by atoms with Crippen LogP contribution in [-0.2, 0) is 0 Å². The number of rotatable bonds is 7. The maximum absolute atomic E-state index is 12.0. The molecule has 4 aromatic rings. The first-order valence-electron chi connectivity index (χ1n) is 13.3. The summed E-state index contributed by atoms with van der Waals surface area (Å²) in [4.78, 5) is 7.64. The summed E-state index contributed by atoms with van der Waals surface area (Å²) in [5.74, 6) is 1.84. The van der Waals surface area contributed by atoms with Crippen molar-refractivity contribution < 1.29 is 9.84 Å². The van der Waals surface area contributed by atoms with E-state index in [-0.39, 0.29) is 12.0 Å². The molecule has 3 aliphatic rings. The van der Waals surface area contributed by atoms with E-state index in [1.54, 1.807) is 7.11 Å². The average Bonchev–Trinajstić information content (AvgIpc) is 2.97. The topological polar surface area (TPSA) is 45.6 Å². The van der Waals surface area contributed by atoms with Crippen LogP contribution in [0.15, 0.2) is 97.6 Å². The molecule has 3 fully saturated rings. The van der Waals surface area contributed by atoms with Gasteiger partial charge in [0.1, 0.15) is 5.75 Å². The van der Waals surface area contributed by atoms with E-state index in [2.05, 4.69) is 72.2 Å². The molecule has 0 radical (unpaired) electrons. The van der Waals surface area contributed by atoms with E-state index >= 15 is 0 Å². The fourth-order valence-corrected chi connectivity index (χ4v) is 6.51. The molecule has 188 valence electrons. The van der Waals surface area contributed by atoms with E-state index in [9.17, 15) is 5.11 Å². The number of ether oxygens (including phenoxy) is 1. The minimum absolute atomic E-state index is 0.0342. The van der Waals surface area contributed by atoms with Gasteiger partial charge in [-0.15, -0.1) is 6.58 Å². The molecule has 3 saturated heterocycles. The van der Waals surface area contributed by atoms with Gasteiger partial charge in [-0.3, -0.25) is 9.88 Å². The van der Waals surface area contributed by atoms with Crippen molar-refractivity contribution in [3.8, 4) is 5.75 Å². The van der Waals surface area contributed by atoms with E-state index in [0.717, 1.165) is 47.4 Å². The largest absolute Gasteiger partial charge is 0.497 e. The molecule has 5 atom stereocenters. The van der Waals surface area contributed by atoms with Crippen molar-refractivity contribution >= 4 is 10.9 Å². The van der Waals surface area contributed by atoms with Gasteiger partial charge in [0, 0.05) is 18.0 Å². The lowest BCUT2D eigenvalue weighted by Crippen LogP contribution is -2.54. The minimum Gasteiger partial charge on any atom is -0.497 e. The molecule has 2 unspecified atom stereocenters. The third-order valence-electron chi connectivity index (χ3n) is 8.47. The number of nitrogens with zero attached hydrogens (tertiary/aromatic N) is 2. The van der Waals surface area contributed by atoms with Crippen molar-refractivity contribution in [1.82, 2.24) is 9.88 Å². The highest BCUT2D eigenvalue weighted by Gasteiger charge is 2.42. The Morgan fingerprint density at radius 1 is 1.00 bits per heavy atom. The second-order valence-electron chi connectivity index (χ2n) is 10.5. The van der Waals surface area contributed by atoms with E-state index in [1.807, 2.05) is 30.3 Å². The molecule has 37 heavy (non-hydrogen) atoms. The Balaban J connectivity index is 1.50. The summed E-state index contributed by atoms with van der Waals surface area (Å²) in [7, 11) is 1.68. The zero-order valence-electron chi connectivity index (χ0n) is 21.3. The molecular formula is C33H34N2O2. The summed E-state index contributed by atoms with van der Waals surface area (Å²) in [6.07, 6.45) is 3.66. The number of fused-ring (bicyclic) bond motifs is 4. The summed E-state index contributed by atoms with van der Waals surface area (Å²) in [5.41, 5.74) is 5.13. The van der Waals surface area contributed by atoms with Crippen molar-refractivity contribution in [3.05, 3.63) is 120 Å². The smallest absolute Gasteiger partial charge is 0.119 e. The Labute approximate surface area is 219 Å². The fourth-order valence-electron chi connectivity index (χ4n) is 6.51. The Morgan fingerprint density at radius 2 is 1.70 bits per heavy atom. The van der Waals surface area contributed by atoms with Crippen LogP contribution >= 0.6 is 0 Å². The van der Waals surface area contributed by atoms with Crippen molar-refractivity contribution in [3.63, 3.8) is 0 Å². The number of piperidine rings is 3.